The lowest BCUT2D eigenvalue weighted by Gasteiger charge is -2.11. The van der Waals surface area contributed by atoms with Crippen LogP contribution >= 0.6 is 0 Å². The Morgan fingerprint density at radius 3 is 1.27 bits per heavy atom. The lowest BCUT2D eigenvalue weighted by molar-refractivity contribution is -0.385. The highest BCUT2D eigenvalue weighted by atomic mass is 16.6. The van der Waals surface area contributed by atoms with Crippen molar-refractivity contribution in [3.63, 3.8) is 0 Å². The Balaban J connectivity index is 0.000000417. The van der Waals surface area contributed by atoms with E-state index < -0.39 is 20.7 Å². The third-order valence-corrected chi connectivity index (χ3v) is 8.06. The molecule has 0 heterocycles. The highest BCUT2D eigenvalue weighted by Gasteiger charge is 2.14. The average Bonchev–Trinajstić information content (AvgIpc) is 3.24. The third-order valence-electron chi connectivity index (χ3n) is 8.06. The fourth-order valence-corrected chi connectivity index (χ4v) is 4.85. The lowest BCUT2D eigenvalue weighted by Crippen LogP contribution is -1.98. The summed E-state index contributed by atoms with van der Waals surface area (Å²) in [6.45, 7) is 31.4. The van der Waals surface area contributed by atoms with Crippen LogP contribution < -0.4 is 0 Å². The van der Waals surface area contributed by atoms with E-state index >= 15 is 0 Å². The maximum Gasteiger partial charge on any atom is 0.330 e. The summed E-state index contributed by atoms with van der Waals surface area (Å²) in [5.41, 5.74) is 5.99. The van der Waals surface area contributed by atoms with E-state index in [1.807, 2.05) is 25.1 Å². The molecule has 14 nitrogen and oxygen atoms in total. The zero-order chi connectivity index (χ0) is 47.2. The van der Waals surface area contributed by atoms with Gasteiger partial charge in [0, 0.05) is 30.3 Å². The van der Waals surface area contributed by atoms with Crippen molar-refractivity contribution in [3.05, 3.63) is 209 Å². The number of hydrogen-bond acceptors (Lipinski definition) is 10. The summed E-state index contributed by atoms with van der Waals surface area (Å²) in [4.78, 5) is 52.3. The first-order chi connectivity index (χ1) is 29.2. The number of nitro benzene ring substituents is 4. The van der Waals surface area contributed by atoms with Gasteiger partial charge in [0.05, 0.1) is 48.6 Å². The zero-order valence-corrected chi connectivity index (χ0v) is 35.4. The minimum absolute atomic E-state index is 0.0454. The van der Waals surface area contributed by atoms with Crippen LogP contribution in [0.25, 0.3) is 48.1 Å². The molecule has 4 aromatic carbocycles. The first-order valence-corrected chi connectivity index (χ1v) is 18.6. The van der Waals surface area contributed by atoms with Gasteiger partial charge in [0.2, 0.25) is 0 Å². The highest BCUT2D eigenvalue weighted by Crippen LogP contribution is 2.26. The highest BCUT2D eigenvalue weighted by molar-refractivity contribution is 5.87. The molecule has 0 fully saturated rings. The van der Waals surface area contributed by atoms with Crippen molar-refractivity contribution in [2.24, 2.45) is 5.41 Å². The summed E-state index contributed by atoms with van der Waals surface area (Å²) >= 11 is 0. The molecule has 0 amide bonds. The number of nitrogens with zero attached hydrogens (tertiary/aromatic N) is 4. The van der Waals surface area contributed by atoms with Gasteiger partial charge >= 0.3 is 5.97 Å². The lowest BCUT2D eigenvalue weighted by atomic mass is 9.95. The molecule has 14 heteroatoms. The van der Waals surface area contributed by atoms with Crippen LogP contribution in [0.1, 0.15) is 79.1 Å². The number of rotatable bonds is 14. The van der Waals surface area contributed by atoms with Crippen LogP contribution in [0.5, 0.6) is 0 Å². The molecule has 0 aliphatic rings. The molecule has 0 spiro atoms. The minimum Gasteiger partial charge on any atom is -0.463 e. The van der Waals surface area contributed by atoms with E-state index in [0.717, 1.165) is 22.3 Å². The van der Waals surface area contributed by atoms with Crippen molar-refractivity contribution in [3.8, 4) is 0 Å². The van der Waals surface area contributed by atoms with Gasteiger partial charge in [0.1, 0.15) is 0 Å². The minimum atomic E-state index is -0.487. The second kappa shape index (κ2) is 25.4. The van der Waals surface area contributed by atoms with E-state index in [-0.39, 0.29) is 33.1 Å². The summed E-state index contributed by atoms with van der Waals surface area (Å²) in [5, 5.41) is 42.9. The normalized spacial score (nSPS) is 10.3. The predicted octanol–water partition coefficient (Wildman–Crippen LogP) is 13.3. The molecule has 4 rings (SSSR count). The van der Waals surface area contributed by atoms with E-state index in [2.05, 4.69) is 60.2 Å². The standard InChI is InChI=1S/C14H17NO2.C13H13NO4.C11H11NO2.C10H9NO2/c1-5-12-7-6-11(8-9-14(2,3)4)10-13(12)15(16)17;1-3-11-7-5-10(9-12(11)14(16)17)6-8-13(15)18-4-2;1-4-9-5-6-10(8(2)3)7-11(9)12(13)14;1-3-8-5-6-9(4-2)10(7-8)11(12)13/h5-10H,1H2,2-4H3;3,5-9H,1,4H2,2H3;4-7H,1-2H2,3H3;3-7H,1-2H2/b9-8+;8-6+;;. The number of carbonyl (C=O) groups is 1. The van der Waals surface area contributed by atoms with Crippen LogP contribution in [0.3, 0.4) is 0 Å². The number of ether oxygens (including phenoxy) is 1. The molecule has 62 heavy (non-hydrogen) atoms. The van der Waals surface area contributed by atoms with Crippen LogP contribution in [-0.4, -0.2) is 32.3 Å². The molecule has 322 valence electrons. The van der Waals surface area contributed by atoms with Crippen molar-refractivity contribution in [1.82, 2.24) is 0 Å². The molecule has 0 aromatic heterocycles. The quantitative estimate of drug-likeness (QED) is 0.0509. The van der Waals surface area contributed by atoms with E-state index in [1.54, 1.807) is 61.5 Å². The number of nitro groups is 4. The Kier molecular flexibility index (Phi) is 21.2. The molecule has 4 aromatic rings. The molecule has 0 atom stereocenters. The smallest absolute Gasteiger partial charge is 0.330 e. The first-order valence-electron chi connectivity index (χ1n) is 18.6. The summed E-state index contributed by atoms with van der Waals surface area (Å²) in [6, 6.07) is 19.6. The van der Waals surface area contributed by atoms with Gasteiger partial charge in [-0.3, -0.25) is 40.5 Å². The van der Waals surface area contributed by atoms with Gasteiger partial charge < -0.3 is 4.74 Å². The first kappa shape index (κ1) is 51.9. The molecule has 0 aliphatic carbocycles. The Morgan fingerprint density at radius 2 is 0.935 bits per heavy atom. The Hall–Kier alpha value is -8.13. The summed E-state index contributed by atoms with van der Waals surface area (Å²) < 4.78 is 4.71. The maximum absolute atomic E-state index is 11.1. The van der Waals surface area contributed by atoms with Crippen molar-refractivity contribution < 1.29 is 29.2 Å². The van der Waals surface area contributed by atoms with Gasteiger partial charge in [0.15, 0.2) is 0 Å². The molecule has 0 unspecified atom stereocenters. The second-order valence-electron chi connectivity index (χ2n) is 13.8. The van der Waals surface area contributed by atoms with E-state index in [9.17, 15) is 45.3 Å². The zero-order valence-electron chi connectivity index (χ0n) is 35.4. The number of carbonyl (C=O) groups excluding carboxylic acids is 1. The number of esters is 1. The maximum atomic E-state index is 11.1. The third kappa shape index (κ3) is 17.4. The number of hydrogen-bond donors (Lipinski definition) is 0. The van der Waals surface area contributed by atoms with Gasteiger partial charge in [-0.15, -0.1) is 0 Å². The van der Waals surface area contributed by atoms with Crippen LogP contribution in [0.4, 0.5) is 22.7 Å². The van der Waals surface area contributed by atoms with Gasteiger partial charge in [-0.05, 0) is 71.9 Å². The monoisotopic (exact) mass is 842 g/mol. The van der Waals surface area contributed by atoms with Crippen molar-refractivity contribution in [2.75, 3.05) is 6.61 Å². The Morgan fingerprint density at radius 1 is 0.581 bits per heavy atom. The van der Waals surface area contributed by atoms with E-state index in [0.29, 0.717) is 34.4 Å². The average molecular weight is 843 g/mol. The molecule has 0 aliphatic heterocycles. The van der Waals surface area contributed by atoms with Crippen molar-refractivity contribution in [1.29, 1.82) is 0 Å². The second-order valence-corrected chi connectivity index (χ2v) is 13.8. The van der Waals surface area contributed by atoms with Gasteiger partial charge in [-0.2, -0.15) is 0 Å². The van der Waals surface area contributed by atoms with Gasteiger partial charge in [-0.25, -0.2) is 4.79 Å². The molecule has 0 N–H and O–H groups in total. The fourth-order valence-electron chi connectivity index (χ4n) is 4.85. The largest absolute Gasteiger partial charge is 0.463 e. The van der Waals surface area contributed by atoms with Gasteiger partial charge in [-0.1, -0.05) is 133 Å². The van der Waals surface area contributed by atoms with Gasteiger partial charge in [0.25, 0.3) is 22.7 Å². The summed E-state index contributed by atoms with van der Waals surface area (Å²) in [7, 11) is 0. The molecule has 0 bridgehead atoms. The van der Waals surface area contributed by atoms with E-state index in [4.69, 9.17) is 4.74 Å². The molecular weight excluding hydrogens is 793 g/mol. The molecule has 0 saturated heterocycles. The predicted molar refractivity (Wildman–Crippen MR) is 252 cm³/mol. The Bertz CT molecular complexity index is 2420. The topological polar surface area (TPSA) is 199 Å². The van der Waals surface area contributed by atoms with Crippen LogP contribution in [0.2, 0.25) is 0 Å². The van der Waals surface area contributed by atoms with Crippen LogP contribution in [0, 0.1) is 45.9 Å². The number of allylic oxidation sites excluding steroid dienone is 2. The van der Waals surface area contributed by atoms with Crippen molar-refractivity contribution >= 4 is 76.8 Å². The van der Waals surface area contributed by atoms with Crippen LogP contribution in [-0.2, 0) is 9.53 Å². The summed E-state index contributed by atoms with van der Waals surface area (Å²) in [5.74, 6) is -0.479. The molecular formula is C48H50N4O10. The molecule has 0 radical (unpaired) electrons. The summed E-state index contributed by atoms with van der Waals surface area (Å²) in [6.07, 6.45) is 14.0. The Labute approximate surface area is 361 Å². The fraction of sp³-hybridized carbons (Fsp3) is 0.146. The SMILES string of the molecule is C=Cc1ccc(/C=C/C(=O)OCC)cc1[N+](=O)[O-].C=Cc1ccc(/C=C/C(C)(C)C)cc1[N+](=O)[O-].C=Cc1ccc(C(=C)C)cc1[N+](=O)[O-].C=Cc1ccc(C=C)c([N+](=O)[O-])c1. The number of benzene rings is 4. The molecule has 0 saturated carbocycles. The van der Waals surface area contributed by atoms with Crippen molar-refractivity contribution in [2.45, 2.75) is 34.6 Å². The van der Waals surface area contributed by atoms with Crippen LogP contribution in [0.15, 0.2) is 124 Å². The van der Waals surface area contributed by atoms with E-state index in [1.165, 1.54) is 54.7 Å².